The van der Waals surface area contributed by atoms with E-state index in [0.717, 1.165) is 25.5 Å². The number of aryl methyl sites for hydroxylation is 1. The van der Waals surface area contributed by atoms with Crippen molar-refractivity contribution in [3.63, 3.8) is 0 Å². The molecular formula is C15H25N3O. The van der Waals surface area contributed by atoms with Crippen molar-refractivity contribution in [1.82, 2.24) is 9.88 Å². The molecule has 1 aromatic heterocycles. The molecule has 2 heterocycles. The average Bonchev–Trinajstić information content (AvgIpc) is 2.43. The summed E-state index contributed by atoms with van der Waals surface area (Å²) in [6.07, 6.45) is 4.38. The molecule has 4 nitrogen and oxygen atoms in total. The van der Waals surface area contributed by atoms with Gasteiger partial charge in [-0.3, -0.25) is 9.88 Å². The van der Waals surface area contributed by atoms with E-state index >= 15 is 0 Å². The molecule has 2 N–H and O–H groups in total. The standard InChI is InChI=1S/C15H25N3O/c1-12-5-6-14(9-17-12)15(8-16)18(2)10-13-4-3-7-19-11-13/h5-6,9,13,15H,3-4,7-8,10-11,16H2,1-2H3. The van der Waals surface area contributed by atoms with Crippen LogP contribution in [0.4, 0.5) is 0 Å². The molecule has 1 fully saturated rings. The summed E-state index contributed by atoms with van der Waals surface area (Å²) in [4.78, 5) is 6.71. The highest BCUT2D eigenvalue weighted by atomic mass is 16.5. The zero-order valence-electron chi connectivity index (χ0n) is 12.0. The molecule has 0 saturated carbocycles. The Morgan fingerprint density at radius 3 is 2.95 bits per heavy atom. The Hall–Kier alpha value is -0.970. The topological polar surface area (TPSA) is 51.4 Å². The summed E-state index contributed by atoms with van der Waals surface area (Å²) >= 11 is 0. The minimum atomic E-state index is 0.245. The molecule has 19 heavy (non-hydrogen) atoms. The molecule has 1 aliphatic rings. The molecular weight excluding hydrogens is 238 g/mol. The summed E-state index contributed by atoms with van der Waals surface area (Å²) in [5.41, 5.74) is 8.19. The molecule has 4 heteroatoms. The Balaban J connectivity index is 1.97. The third-order valence-electron chi connectivity index (χ3n) is 3.88. The van der Waals surface area contributed by atoms with Gasteiger partial charge in [-0.25, -0.2) is 0 Å². The van der Waals surface area contributed by atoms with Crippen molar-refractivity contribution in [1.29, 1.82) is 0 Å². The lowest BCUT2D eigenvalue weighted by Gasteiger charge is -2.32. The van der Waals surface area contributed by atoms with Crippen LogP contribution in [-0.2, 0) is 4.74 Å². The number of hydrogen-bond acceptors (Lipinski definition) is 4. The fourth-order valence-corrected chi connectivity index (χ4v) is 2.73. The zero-order chi connectivity index (χ0) is 13.7. The number of ether oxygens (including phenoxy) is 1. The first-order valence-electron chi connectivity index (χ1n) is 7.11. The van der Waals surface area contributed by atoms with Gasteiger partial charge in [0.1, 0.15) is 0 Å². The van der Waals surface area contributed by atoms with Gasteiger partial charge in [-0.15, -0.1) is 0 Å². The largest absolute Gasteiger partial charge is 0.381 e. The van der Waals surface area contributed by atoms with Gasteiger partial charge in [0.15, 0.2) is 0 Å². The van der Waals surface area contributed by atoms with E-state index in [-0.39, 0.29) is 6.04 Å². The molecule has 2 rings (SSSR count). The van der Waals surface area contributed by atoms with Crippen molar-refractivity contribution in [2.45, 2.75) is 25.8 Å². The molecule has 1 aliphatic heterocycles. The highest BCUT2D eigenvalue weighted by Crippen LogP contribution is 2.21. The molecule has 1 aromatic rings. The Morgan fingerprint density at radius 2 is 2.37 bits per heavy atom. The second-order valence-corrected chi connectivity index (χ2v) is 5.51. The van der Waals surface area contributed by atoms with Crippen LogP contribution in [0.5, 0.6) is 0 Å². The summed E-state index contributed by atoms with van der Waals surface area (Å²) in [6.45, 7) is 5.46. The van der Waals surface area contributed by atoms with E-state index in [1.807, 2.05) is 13.1 Å². The highest BCUT2D eigenvalue weighted by Gasteiger charge is 2.21. The Bertz CT molecular complexity index is 373. The zero-order valence-corrected chi connectivity index (χ0v) is 12.0. The van der Waals surface area contributed by atoms with Crippen LogP contribution in [0.15, 0.2) is 18.3 Å². The minimum Gasteiger partial charge on any atom is -0.381 e. The van der Waals surface area contributed by atoms with Gasteiger partial charge in [-0.05, 0) is 44.4 Å². The van der Waals surface area contributed by atoms with Gasteiger partial charge in [0.05, 0.1) is 6.61 Å². The van der Waals surface area contributed by atoms with Crippen LogP contribution < -0.4 is 5.73 Å². The molecule has 0 spiro atoms. The van der Waals surface area contributed by atoms with E-state index in [2.05, 4.69) is 29.1 Å². The molecule has 2 atom stereocenters. The van der Waals surface area contributed by atoms with Gasteiger partial charge in [0.2, 0.25) is 0 Å². The van der Waals surface area contributed by atoms with Crippen LogP contribution in [0, 0.1) is 12.8 Å². The van der Waals surface area contributed by atoms with Gasteiger partial charge in [0.25, 0.3) is 0 Å². The molecule has 2 unspecified atom stereocenters. The molecule has 106 valence electrons. The van der Waals surface area contributed by atoms with E-state index in [9.17, 15) is 0 Å². The molecule has 0 aromatic carbocycles. The van der Waals surface area contributed by atoms with Gasteiger partial charge >= 0.3 is 0 Å². The SMILES string of the molecule is Cc1ccc(C(CN)N(C)CC2CCCOC2)cn1. The second kappa shape index (κ2) is 6.98. The van der Waals surface area contributed by atoms with Gasteiger partial charge in [0, 0.05) is 37.6 Å². The van der Waals surface area contributed by atoms with Crippen LogP contribution in [-0.4, -0.2) is 43.2 Å². The molecule has 0 bridgehead atoms. The molecule has 0 radical (unpaired) electrons. The number of nitrogens with zero attached hydrogens (tertiary/aromatic N) is 2. The summed E-state index contributed by atoms with van der Waals surface area (Å²) in [7, 11) is 2.14. The van der Waals surface area contributed by atoms with Crippen LogP contribution in [0.2, 0.25) is 0 Å². The maximum atomic E-state index is 5.95. The van der Waals surface area contributed by atoms with Crippen molar-refractivity contribution < 1.29 is 4.74 Å². The van der Waals surface area contributed by atoms with E-state index in [1.165, 1.54) is 18.4 Å². The molecule has 0 aliphatic carbocycles. The lowest BCUT2D eigenvalue weighted by molar-refractivity contribution is 0.0365. The molecule has 0 amide bonds. The van der Waals surface area contributed by atoms with Gasteiger partial charge in [-0.1, -0.05) is 6.07 Å². The van der Waals surface area contributed by atoms with E-state index < -0.39 is 0 Å². The first-order chi connectivity index (χ1) is 9.20. The number of hydrogen-bond donors (Lipinski definition) is 1. The first kappa shape index (κ1) is 14.4. The van der Waals surface area contributed by atoms with Crippen LogP contribution in [0.1, 0.15) is 30.1 Å². The van der Waals surface area contributed by atoms with Crippen molar-refractivity contribution in [3.8, 4) is 0 Å². The summed E-state index contributed by atoms with van der Waals surface area (Å²) < 4.78 is 5.55. The number of likely N-dealkylation sites (N-methyl/N-ethyl adjacent to an activating group) is 1. The highest BCUT2D eigenvalue weighted by molar-refractivity contribution is 5.17. The van der Waals surface area contributed by atoms with Crippen LogP contribution in [0.3, 0.4) is 0 Å². The monoisotopic (exact) mass is 263 g/mol. The van der Waals surface area contributed by atoms with E-state index in [0.29, 0.717) is 12.5 Å². The summed E-state index contributed by atoms with van der Waals surface area (Å²) in [6, 6.07) is 4.43. The third-order valence-corrected chi connectivity index (χ3v) is 3.88. The van der Waals surface area contributed by atoms with Gasteiger partial charge in [-0.2, -0.15) is 0 Å². The van der Waals surface area contributed by atoms with E-state index in [4.69, 9.17) is 10.5 Å². The van der Waals surface area contributed by atoms with Crippen LogP contribution >= 0.6 is 0 Å². The first-order valence-corrected chi connectivity index (χ1v) is 7.11. The minimum absolute atomic E-state index is 0.245. The second-order valence-electron chi connectivity index (χ2n) is 5.51. The normalized spacial score (nSPS) is 21.6. The van der Waals surface area contributed by atoms with E-state index in [1.54, 1.807) is 0 Å². The maximum Gasteiger partial charge on any atom is 0.0506 e. The average molecular weight is 263 g/mol. The van der Waals surface area contributed by atoms with Crippen LogP contribution in [0.25, 0.3) is 0 Å². The van der Waals surface area contributed by atoms with Crippen molar-refractivity contribution >= 4 is 0 Å². The number of nitrogens with two attached hydrogens (primary N) is 1. The van der Waals surface area contributed by atoms with Crippen molar-refractivity contribution in [3.05, 3.63) is 29.6 Å². The summed E-state index contributed by atoms with van der Waals surface area (Å²) in [5, 5.41) is 0. The summed E-state index contributed by atoms with van der Waals surface area (Å²) in [5.74, 6) is 0.631. The molecule has 1 saturated heterocycles. The maximum absolute atomic E-state index is 5.95. The lowest BCUT2D eigenvalue weighted by atomic mass is 10.00. The van der Waals surface area contributed by atoms with Gasteiger partial charge < -0.3 is 10.5 Å². The Morgan fingerprint density at radius 1 is 1.53 bits per heavy atom. The Labute approximate surface area is 116 Å². The smallest absolute Gasteiger partial charge is 0.0506 e. The predicted octanol–water partition coefficient (Wildman–Crippen LogP) is 1.75. The fraction of sp³-hybridized carbons (Fsp3) is 0.667. The van der Waals surface area contributed by atoms with Crippen molar-refractivity contribution in [2.24, 2.45) is 11.7 Å². The number of aromatic nitrogens is 1. The lowest BCUT2D eigenvalue weighted by Crippen LogP contribution is -2.36. The Kier molecular flexibility index (Phi) is 5.31. The number of rotatable bonds is 5. The third kappa shape index (κ3) is 4.00. The fourth-order valence-electron chi connectivity index (χ4n) is 2.73. The quantitative estimate of drug-likeness (QED) is 0.879. The predicted molar refractivity (Wildman–Crippen MR) is 76.9 cm³/mol. The number of pyridine rings is 1. The van der Waals surface area contributed by atoms with Crippen molar-refractivity contribution in [2.75, 3.05) is 33.4 Å².